The van der Waals surface area contributed by atoms with E-state index in [1.807, 2.05) is 6.07 Å². The molecule has 0 saturated heterocycles. The fourth-order valence-corrected chi connectivity index (χ4v) is 3.02. The van der Waals surface area contributed by atoms with E-state index >= 15 is 0 Å². The molecule has 1 fully saturated rings. The van der Waals surface area contributed by atoms with Crippen molar-refractivity contribution in [2.45, 2.75) is 44.6 Å². The number of halogens is 1. The lowest BCUT2D eigenvalue weighted by Gasteiger charge is -2.16. The molecule has 0 spiro atoms. The molecule has 4 heteroatoms. The minimum atomic E-state index is 0.130. The molecule has 0 amide bonds. The first-order chi connectivity index (χ1) is 7.81. The van der Waals surface area contributed by atoms with Crippen molar-refractivity contribution in [2.75, 3.05) is 0 Å². The van der Waals surface area contributed by atoms with Crippen LogP contribution in [-0.4, -0.2) is 0 Å². The van der Waals surface area contributed by atoms with Gasteiger partial charge in [-0.1, -0.05) is 25.7 Å². The summed E-state index contributed by atoms with van der Waals surface area (Å²) in [5, 5.41) is 0. The Morgan fingerprint density at radius 3 is 2.81 bits per heavy atom. The molecule has 0 radical (unpaired) electrons. The van der Waals surface area contributed by atoms with Gasteiger partial charge in [0.2, 0.25) is 0 Å². The predicted octanol–water partition coefficient (Wildman–Crippen LogP) is 3.52. The summed E-state index contributed by atoms with van der Waals surface area (Å²) in [6.45, 7) is 0. The summed E-state index contributed by atoms with van der Waals surface area (Å²) in [6.07, 6.45) is 9.55. The number of furan rings is 1. The first-order valence-corrected chi connectivity index (χ1v) is 6.79. The maximum atomic E-state index is 5.59. The largest absolute Gasteiger partial charge is 0.466 e. The Hall–Kier alpha value is -0.320. The Labute approximate surface area is 105 Å². The van der Waals surface area contributed by atoms with Gasteiger partial charge in [-0.3, -0.25) is 5.84 Å². The molecule has 3 N–H and O–H groups in total. The van der Waals surface area contributed by atoms with Gasteiger partial charge in [0.15, 0.2) is 0 Å². The van der Waals surface area contributed by atoms with Crippen molar-refractivity contribution in [1.82, 2.24) is 5.43 Å². The van der Waals surface area contributed by atoms with Crippen LogP contribution in [0.1, 0.15) is 50.3 Å². The van der Waals surface area contributed by atoms with Gasteiger partial charge in [-0.25, -0.2) is 5.43 Å². The number of nitrogens with two attached hydrogens (primary N) is 1. The summed E-state index contributed by atoms with van der Waals surface area (Å²) in [5.74, 6) is 7.40. The van der Waals surface area contributed by atoms with E-state index in [1.54, 1.807) is 6.26 Å². The lowest BCUT2D eigenvalue weighted by molar-refractivity contribution is 0.361. The molecule has 1 aliphatic carbocycles. The first-order valence-electron chi connectivity index (χ1n) is 6.00. The van der Waals surface area contributed by atoms with Crippen LogP contribution >= 0.6 is 15.9 Å². The van der Waals surface area contributed by atoms with Crippen molar-refractivity contribution in [1.29, 1.82) is 0 Å². The molecule has 1 aliphatic rings. The first kappa shape index (κ1) is 12.1. The molecule has 1 aromatic heterocycles. The van der Waals surface area contributed by atoms with Crippen LogP contribution in [0.15, 0.2) is 21.2 Å². The van der Waals surface area contributed by atoms with Crippen LogP contribution in [0, 0.1) is 5.92 Å². The number of hydrogen-bond donors (Lipinski definition) is 2. The monoisotopic (exact) mass is 286 g/mol. The summed E-state index contributed by atoms with van der Waals surface area (Å²) in [7, 11) is 0. The zero-order chi connectivity index (χ0) is 11.4. The zero-order valence-electron chi connectivity index (χ0n) is 9.42. The topological polar surface area (TPSA) is 51.2 Å². The smallest absolute Gasteiger partial charge is 0.136 e. The maximum Gasteiger partial charge on any atom is 0.136 e. The molecule has 0 aliphatic heterocycles. The van der Waals surface area contributed by atoms with Crippen LogP contribution in [0.3, 0.4) is 0 Å². The van der Waals surface area contributed by atoms with E-state index in [0.29, 0.717) is 0 Å². The second-order valence-corrected chi connectivity index (χ2v) is 5.43. The Morgan fingerprint density at radius 2 is 2.25 bits per heavy atom. The molecule has 3 nitrogen and oxygen atoms in total. The lowest BCUT2D eigenvalue weighted by Crippen LogP contribution is -2.28. The van der Waals surface area contributed by atoms with Gasteiger partial charge in [0.25, 0.3) is 0 Å². The van der Waals surface area contributed by atoms with Crippen molar-refractivity contribution < 1.29 is 4.42 Å². The van der Waals surface area contributed by atoms with Crippen molar-refractivity contribution in [3.63, 3.8) is 0 Å². The normalized spacial score (nSPS) is 19.1. The molecule has 1 heterocycles. The average molecular weight is 287 g/mol. The van der Waals surface area contributed by atoms with Crippen molar-refractivity contribution in [3.8, 4) is 0 Å². The molecule has 0 aromatic carbocycles. The molecule has 2 rings (SSSR count). The Bertz CT molecular complexity index is 321. The zero-order valence-corrected chi connectivity index (χ0v) is 11.0. The van der Waals surface area contributed by atoms with Crippen LogP contribution in [0.5, 0.6) is 0 Å². The van der Waals surface area contributed by atoms with E-state index in [1.165, 1.54) is 32.1 Å². The molecule has 1 saturated carbocycles. The van der Waals surface area contributed by atoms with Gasteiger partial charge in [0.1, 0.15) is 5.76 Å². The Kier molecular flexibility index (Phi) is 4.44. The van der Waals surface area contributed by atoms with Crippen molar-refractivity contribution in [3.05, 3.63) is 22.6 Å². The lowest BCUT2D eigenvalue weighted by atomic mass is 9.98. The summed E-state index contributed by atoms with van der Waals surface area (Å²) in [4.78, 5) is 0. The van der Waals surface area contributed by atoms with Gasteiger partial charge >= 0.3 is 0 Å². The molecule has 1 unspecified atom stereocenters. The standard InChI is InChI=1S/C12H19BrN2O/c13-10-7-8-16-12(10)11(15-14)6-5-9-3-1-2-4-9/h7-9,11,15H,1-6,14H2. The van der Waals surface area contributed by atoms with E-state index in [-0.39, 0.29) is 6.04 Å². The highest BCUT2D eigenvalue weighted by molar-refractivity contribution is 9.10. The van der Waals surface area contributed by atoms with E-state index in [0.717, 1.165) is 22.6 Å². The second-order valence-electron chi connectivity index (χ2n) is 4.58. The highest BCUT2D eigenvalue weighted by Crippen LogP contribution is 2.33. The third-order valence-electron chi connectivity index (χ3n) is 3.50. The van der Waals surface area contributed by atoms with Gasteiger partial charge in [-0.15, -0.1) is 0 Å². The SMILES string of the molecule is NNC(CCC1CCCC1)c1occc1Br. The van der Waals surface area contributed by atoms with Gasteiger partial charge in [-0.2, -0.15) is 0 Å². The number of rotatable bonds is 5. The quantitative estimate of drug-likeness (QED) is 0.643. The molecule has 16 heavy (non-hydrogen) atoms. The summed E-state index contributed by atoms with van der Waals surface area (Å²) in [6, 6.07) is 2.04. The third kappa shape index (κ3) is 2.87. The predicted molar refractivity (Wildman–Crippen MR) is 67.7 cm³/mol. The van der Waals surface area contributed by atoms with Gasteiger partial charge in [0.05, 0.1) is 16.8 Å². The Balaban J connectivity index is 1.88. The van der Waals surface area contributed by atoms with Crippen LogP contribution < -0.4 is 11.3 Å². The maximum absolute atomic E-state index is 5.59. The number of hydrogen-bond acceptors (Lipinski definition) is 3. The van der Waals surface area contributed by atoms with Crippen LogP contribution in [0.25, 0.3) is 0 Å². The highest BCUT2D eigenvalue weighted by atomic mass is 79.9. The van der Waals surface area contributed by atoms with Gasteiger partial charge in [0, 0.05) is 0 Å². The molecule has 1 atom stereocenters. The van der Waals surface area contributed by atoms with E-state index in [9.17, 15) is 0 Å². The molecular weight excluding hydrogens is 268 g/mol. The fourth-order valence-electron chi connectivity index (χ4n) is 2.55. The van der Waals surface area contributed by atoms with Crippen molar-refractivity contribution in [2.24, 2.45) is 11.8 Å². The van der Waals surface area contributed by atoms with Crippen molar-refractivity contribution >= 4 is 15.9 Å². The fraction of sp³-hybridized carbons (Fsp3) is 0.667. The van der Waals surface area contributed by atoms with Gasteiger partial charge in [-0.05, 0) is 40.8 Å². The van der Waals surface area contributed by atoms with E-state index in [2.05, 4.69) is 21.4 Å². The summed E-state index contributed by atoms with van der Waals surface area (Å²) >= 11 is 3.47. The summed E-state index contributed by atoms with van der Waals surface area (Å²) in [5.41, 5.74) is 2.85. The van der Waals surface area contributed by atoms with E-state index < -0.39 is 0 Å². The molecular formula is C12H19BrN2O. The number of nitrogens with one attached hydrogen (secondary N) is 1. The molecule has 0 bridgehead atoms. The average Bonchev–Trinajstić information content (AvgIpc) is 2.92. The minimum Gasteiger partial charge on any atom is -0.466 e. The summed E-state index contributed by atoms with van der Waals surface area (Å²) < 4.78 is 6.44. The molecule has 1 aromatic rings. The molecule has 90 valence electrons. The minimum absolute atomic E-state index is 0.130. The Morgan fingerprint density at radius 1 is 1.50 bits per heavy atom. The third-order valence-corrected chi connectivity index (χ3v) is 4.16. The van der Waals surface area contributed by atoms with Crippen LogP contribution in [0.2, 0.25) is 0 Å². The van der Waals surface area contributed by atoms with Crippen LogP contribution in [0.4, 0.5) is 0 Å². The highest BCUT2D eigenvalue weighted by Gasteiger charge is 2.20. The van der Waals surface area contributed by atoms with E-state index in [4.69, 9.17) is 10.3 Å². The van der Waals surface area contributed by atoms with Gasteiger partial charge < -0.3 is 4.42 Å². The van der Waals surface area contributed by atoms with Crippen LogP contribution in [-0.2, 0) is 0 Å². The second kappa shape index (κ2) is 5.84. The number of hydrazine groups is 1.